The van der Waals surface area contributed by atoms with Crippen LogP contribution in [0.2, 0.25) is 0 Å². The smallest absolute Gasteiger partial charge is 0.123 e. The highest BCUT2D eigenvalue weighted by atomic mass is 35.5. The van der Waals surface area contributed by atoms with Gasteiger partial charge in [-0.2, -0.15) is 0 Å². The minimum Gasteiger partial charge on any atom is -0.493 e. The molecular weight excluding hydrogens is 372 g/mol. The summed E-state index contributed by atoms with van der Waals surface area (Å²) in [5, 5.41) is 9.71. The Morgan fingerprint density at radius 2 is 1.78 bits per heavy atom. The summed E-state index contributed by atoms with van der Waals surface area (Å²) < 4.78 is 32.6. The maximum Gasteiger partial charge on any atom is 0.123 e. The number of aliphatic hydroxyl groups excluding tert-OH is 1. The van der Waals surface area contributed by atoms with Gasteiger partial charge in [-0.25, -0.2) is 8.78 Å². The molecule has 0 bridgehead atoms. The van der Waals surface area contributed by atoms with Gasteiger partial charge in [0.1, 0.15) is 17.4 Å². The molecule has 1 aliphatic rings. The Labute approximate surface area is 165 Å². The zero-order chi connectivity index (χ0) is 18.5. The van der Waals surface area contributed by atoms with Gasteiger partial charge < -0.3 is 14.7 Å². The Bertz CT molecular complexity index is 727. The maximum atomic E-state index is 13.6. The first-order valence-corrected chi connectivity index (χ1v) is 9.05. The number of likely N-dealkylation sites (N-methyl/N-ethyl adjacent to an activating group) is 1. The number of ether oxygens (including phenoxy) is 1. The molecule has 3 nitrogen and oxygen atoms in total. The first-order valence-electron chi connectivity index (χ1n) is 9.05. The summed E-state index contributed by atoms with van der Waals surface area (Å²) in [5.41, 5.74) is 1.82. The largest absolute Gasteiger partial charge is 0.493 e. The van der Waals surface area contributed by atoms with Crippen LogP contribution in [0.4, 0.5) is 8.78 Å². The van der Waals surface area contributed by atoms with Crippen molar-refractivity contribution in [1.82, 2.24) is 4.90 Å². The number of β-amino-alcohol motifs (C(OH)–C–C–N with tert-alkyl or cyclic N) is 1. The Morgan fingerprint density at radius 1 is 1.07 bits per heavy atom. The van der Waals surface area contributed by atoms with Crippen molar-refractivity contribution in [2.24, 2.45) is 0 Å². The van der Waals surface area contributed by atoms with Gasteiger partial charge in [-0.3, -0.25) is 0 Å². The normalized spacial score (nSPS) is 19.7. The number of halogens is 3. The lowest BCUT2D eigenvalue weighted by molar-refractivity contribution is 0.182. The Morgan fingerprint density at radius 3 is 2.44 bits per heavy atom. The SMILES string of the molecule is CN1CC(O)CC1CCOc1ccc(F)cc1CCc1ccc(F)cc1.Cl. The molecule has 0 aliphatic carbocycles. The molecule has 3 rings (SSSR count). The number of hydrogen-bond donors (Lipinski definition) is 1. The van der Waals surface area contributed by atoms with Gasteiger partial charge in [0.05, 0.1) is 12.7 Å². The molecule has 1 saturated heterocycles. The third-order valence-corrected chi connectivity index (χ3v) is 4.99. The zero-order valence-electron chi connectivity index (χ0n) is 15.4. The third kappa shape index (κ3) is 6.16. The van der Waals surface area contributed by atoms with Crippen LogP contribution in [0.1, 0.15) is 24.0 Å². The van der Waals surface area contributed by atoms with E-state index in [1.165, 1.54) is 24.3 Å². The van der Waals surface area contributed by atoms with Gasteiger partial charge in [0.15, 0.2) is 0 Å². The van der Waals surface area contributed by atoms with Crippen molar-refractivity contribution >= 4 is 12.4 Å². The number of likely N-dealkylation sites (tertiary alicyclic amines) is 1. The van der Waals surface area contributed by atoms with Crippen LogP contribution < -0.4 is 4.74 Å². The molecule has 1 heterocycles. The molecule has 2 aromatic carbocycles. The van der Waals surface area contributed by atoms with E-state index in [2.05, 4.69) is 4.90 Å². The lowest BCUT2D eigenvalue weighted by Crippen LogP contribution is -2.26. The highest BCUT2D eigenvalue weighted by molar-refractivity contribution is 5.85. The van der Waals surface area contributed by atoms with E-state index in [1.54, 1.807) is 18.2 Å². The van der Waals surface area contributed by atoms with E-state index in [0.29, 0.717) is 37.8 Å². The van der Waals surface area contributed by atoms with E-state index in [9.17, 15) is 13.9 Å². The van der Waals surface area contributed by atoms with Crippen LogP contribution in [-0.2, 0) is 12.8 Å². The molecule has 27 heavy (non-hydrogen) atoms. The fourth-order valence-electron chi connectivity index (χ4n) is 3.51. The van der Waals surface area contributed by atoms with E-state index in [-0.39, 0.29) is 30.1 Å². The van der Waals surface area contributed by atoms with Gasteiger partial charge in [-0.1, -0.05) is 12.1 Å². The van der Waals surface area contributed by atoms with Gasteiger partial charge in [-0.05, 0) is 74.2 Å². The Kier molecular flexibility index (Phi) is 8.02. The number of aryl methyl sites for hydroxylation is 2. The van der Waals surface area contributed by atoms with Gasteiger partial charge in [0.25, 0.3) is 0 Å². The molecule has 2 unspecified atom stereocenters. The van der Waals surface area contributed by atoms with Crippen molar-refractivity contribution < 1.29 is 18.6 Å². The molecule has 0 amide bonds. The molecule has 2 atom stereocenters. The highest BCUT2D eigenvalue weighted by Crippen LogP contribution is 2.24. The predicted molar refractivity (Wildman–Crippen MR) is 105 cm³/mol. The first kappa shape index (κ1) is 21.6. The first-order chi connectivity index (χ1) is 12.5. The molecule has 0 spiro atoms. The summed E-state index contributed by atoms with van der Waals surface area (Å²) >= 11 is 0. The predicted octanol–water partition coefficient (Wildman–Crippen LogP) is 4.01. The molecular formula is C21H26ClF2NO2. The van der Waals surface area contributed by atoms with Crippen LogP contribution in [0.3, 0.4) is 0 Å². The van der Waals surface area contributed by atoms with Crippen molar-refractivity contribution in [2.45, 2.75) is 37.8 Å². The molecule has 2 aromatic rings. The van der Waals surface area contributed by atoms with Crippen LogP contribution in [0.5, 0.6) is 5.75 Å². The lowest BCUT2D eigenvalue weighted by atomic mass is 10.0. The zero-order valence-corrected chi connectivity index (χ0v) is 16.2. The highest BCUT2D eigenvalue weighted by Gasteiger charge is 2.27. The number of benzene rings is 2. The summed E-state index contributed by atoms with van der Waals surface area (Å²) in [6, 6.07) is 11.3. The van der Waals surface area contributed by atoms with Crippen LogP contribution >= 0.6 is 12.4 Å². The second-order valence-corrected chi connectivity index (χ2v) is 7.00. The van der Waals surface area contributed by atoms with Gasteiger partial charge in [-0.15, -0.1) is 12.4 Å². The summed E-state index contributed by atoms with van der Waals surface area (Å²) in [6.07, 6.45) is 2.64. The summed E-state index contributed by atoms with van der Waals surface area (Å²) in [5.74, 6) is 0.144. The summed E-state index contributed by atoms with van der Waals surface area (Å²) in [7, 11) is 2.01. The molecule has 0 radical (unpaired) electrons. The minimum absolute atomic E-state index is 0. The summed E-state index contributed by atoms with van der Waals surface area (Å²) in [4.78, 5) is 2.15. The fraction of sp³-hybridized carbons (Fsp3) is 0.429. The van der Waals surface area contributed by atoms with Gasteiger partial charge >= 0.3 is 0 Å². The molecule has 1 aliphatic heterocycles. The van der Waals surface area contributed by atoms with E-state index < -0.39 is 0 Å². The molecule has 1 fully saturated rings. The number of hydrogen-bond acceptors (Lipinski definition) is 3. The van der Waals surface area contributed by atoms with Crippen molar-refractivity contribution in [2.75, 3.05) is 20.2 Å². The van der Waals surface area contributed by atoms with E-state index in [4.69, 9.17) is 4.74 Å². The third-order valence-electron chi connectivity index (χ3n) is 4.99. The fourth-order valence-corrected chi connectivity index (χ4v) is 3.51. The van der Waals surface area contributed by atoms with Crippen molar-refractivity contribution in [3.05, 3.63) is 65.2 Å². The van der Waals surface area contributed by atoms with Crippen molar-refractivity contribution in [3.63, 3.8) is 0 Å². The van der Waals surface area contributed by atoms with Crippen LogP contribution in [0.25, 0.3) is 0 Å². The Hall–Kier alpha value is -1.69. The van der Waals surface area contributed by atoms with E-state index in [1.807, 2.05) is 7.05 Å². The summed E-state index contributed by atoms with van der Waals surface area (Å²) in [6.45, 7) is 1.22. The van der Waals surface area contributed by atoms with E-state index in [0.717, 1.165) is 24.0 Å². The quantitative estimate of drug-likeness (QED) is 0.766. The minimum atomic E-state index is -0.287. The second kappa shape index (κ2) is 10.0. The van der Waals surface area contributed by atoms with Crippen LogP contribution in [0.15, 0.2) is 42.5 Å². The van der Waals surface area contributed by atoms with Crippen molar-refractivity contribution in [1.29, 1.82) is 0 Å². The standard InChI is InChI=1S/C21H25F2NO2.ClH/c1-24-14-20(25)13-19(24)10-11-26-21-9-8-18(23)12-16(21)5-2-15-3-6-17(22)7-4-15;/h3-4,6-9,12,19-20,25H,2,5,10-11,13-14H2,1H3;1H. The average Bonchev–Trinajstić information content (AvgIpc) is 2.93. The van der Waals surface area contributed by atoms with Crippen molar-refractivity contribution in [3.8, 4) is 5.75 Å². The van der Waals surface area contributed by atoms with Crippen LogP contribution in [0, 0.1) is 11.6 Å². The van der Waals surface area contributed by atoms with Crippen LogP contribution in [-0.4, -0.2) is 42.4 Å². The molecule has 6 heteroatoms. The molecule has 0 saturated carbocycles. The molecule has 0 aromatic heterocycles. The number of rotatable bonds is 7. The topological polar surface area (TPSA) is 32.7 Å². The Balaban J connectivity index is 0.00000261. The number of aliphatic hydroxyl groups is 1. The van der Waals surface area contributed by atoms with Gasteiger partial charge in [0.2, 0.25) is 0 Å². The van der Waals surface area contributed by atoms with Gasteiger partial charge in [0, 0.05) is 12.6 Å². The second-order valence-electron chi connectivity index (χ2n) is 7.00. The lowest BCUT2D eigenvalue weighted by Gasteiger charge is -2.19. The molecule has 148 valence electrons. The van der Waals surface area contributed by atoms with E-state index >= 15 is 0 Å². The molecule has 1 N–H and O–H groups in total. The monoisotopic (exact) mass is 397 g/mol. The average molecular weight is 398 g/mol. The maximum absolute atomic E-state index is 13.6. The number of nitrogens with zero attached hydrogens (tertiary/aromatic N) is 1.